The SMILES string of the molecule is CCN(C(=O)[C@@H](NC(=O)OC(C)(C)C)C(C)C)c1ccc(OC)cc1. The number of rotatable bonds is 6. The molecule has 0 unspecified atom stereocenters. The molecular weight excluding hydrogens is 320 g/mol. The normalized spacial score (nSPS) is 12.5. The fraction of sp³-hybridized carbons (Fsp3) is 0.579. The lowest BCUT2D eigenvalue weighted by atomic mass is 10.0. The van der Waals surface area contributed by atoms with E-state index in [-0.39, 0.29) is 11.8 Å². The lowest BCUT2D eigenvalue weighted by molar-refractivity contribution is -0.121. The largest absolute Gasteiger partial charge is 0.497 e. The van der Waals surface area contributed by atoms with Crippen LogP contribution in [0.3, 0.4) is 0 Å². The van der Waals surface area contributed by atoms with Crippen molar-refractivity contribution in [1.29, 1.82) is 0 Å². The Morgan fingerprint density at radius 2 is 1.72 bits per heavy atom. The molecule has 2 amide bonds. The van der Waals surface area contributed by atoms with Crippen molar-refractivity contribution in [2.75, 3.05) is 18.6 Å². The molecule has 0 bridgehead atoms. The van der Waals surface area contributed by atoms with E-state index in [9.17, 15) is 9.59 Å². The number of carbonyl (C=O) groups is 2. The summed E-state index contributed by atoms with van der Waals surface area (Å²) in [7, 11) is 1.59. The number of hydrogen-bond acceptors (Lipinski definition) is 4. The van der Waals surface area contributed by atoms with Crippen molar-refractivity contribution in [3.05, 3.63) is 24.3 Å². The topological polar surface area (TPSA) is 67.9 Å². The molecule has 25 heavy (non-hydrogen) atoms. The summed E-state index contributed by atoms with van der Waals surface area (Å²) < 4.78 is 10.4. The van der Waals surface area contributed by atoms with Crippen LogP contribution >= 0.6 is 0 Å². The van der Waals surface area contributed by atoms with E-state index in [0.717, 1.165) is 11.4 Å². The maximum Gasteiger partial charge on any atom is 0.408 e. The van der Waals surface area contributed by atoms with Crippen LogP contribution in [0.4, 0.5) is 10.5 Å². The fourth-order valence-corrected chi connectivity index (χ4v) is 2.34. The number of carbonyl (C=O) groups excluding carboxylic acids is 2. The Morgan fingerprint density at radius 1 is 1.16 bits per heavy atom. The molecule has 0 fully saturated rings. The molecule has 1 N–H and O–H groups in total. The van der Waals surface area contributed by atoms with E-state index < -0.39 is 17.7 Å². The third kappa shape index (κ3) is 6.29. The Morgan fingerprint density at radius 3 is 2.12 bits per heavy atom. The van der Waals surface area contributed by atoms with Crippen molar-refractivity contribution in [3.8, 4) is 5.75 Å². The van der Waals surface area contributed by atoms with Gasteiger partial charge in [0, 0.05) is 12.2 Å². The third-order valence-corrected chi connectivity index (χ3v) is 3.57. The van der Waals surface area contributed by atoms with Gasteiger partial charge in [-0.05, 0) is 57.9 Å². The number of hydrogen-bond donors (Lipinski definition) is 1. The number of amides is 2. The van der Waals surface area contributed by atoms with E-state index in [1.165, 1.54) is 0 Å². The van der Waals surface area contributed by atoms with E-state index in [1.54, 1.807) is 44.9 Å². The Bertz CT molecular complexity index is 576. The predicted octanol–water partition coefficient (Wildman–Crippen LogP) is 3.60. The van der Waals surface area contributed by atoms with Crippen molar-refractivity contribution in [2.45, 2.75) is 53.2 Å². The second kappa shape index (κ2) is 8.74. The second-order valence-corrected chi connectivity index (χ2v) is 7.15. The van der Waals surface area contributed by atoms with Crippen molar-refractivity contribution >= 4 is 17.7 Å². The highest BCUT2D eigenvalue weighted by Gasteiger charge is 2.30. The molecule has 6 heteroatoms. The van der Waals surface area contributed by atoms with Crippen molar-refractivity contribution in [1.82, 2.24) is 5.32 Å². The first-order chi connectivity index (χ1) is 11.6. The van der Waals surface area contributed by atoms with Gasteiger partial charge in [-0.1, -0.05) is 13.8 Å². The number of nitrogens with one attached hydrogen (secondary N) is 1. The second-order valence-electron chi connectivity index (χ2n) is 7.15. The van der Waals surface area contributed by atoms with Gasteiger partial charge in [-0.2, -0.15) is 0 Å². The zero-order valence-electron chi connectivity index (χ0n) is 16.3. The third-order valence-electron chi connectivity index (χ3n) is 3.57. The molecule has 0 aliphatic heterocycles. The average Bonchev–Trinajstić information content (AvgIpc) is 2.52. The summed E-state index contributed by atoms with van der Waals surface area (Å²) in [4.78, 5) is 26.7. The zero-order chi connectivity index (χ0) is 19.2. The monoisotopic (exact) mass is 350 g/mol. The van der Waals surface area contributed by atoms with E-state index >= 15 is 0 Å². The number of methoxy groups -OCH3 is 1. The lowest BCUT2D eigenvalue weighted by Gasteiger charge is -2.30. The molecule has 1 aromatic carbocycles. The lowest BCUT2D eigenvalue weighted by Crippen LogP contribution is -2.52. The Balaban J connectivity index is 2.96. The van der Waals surface area contributed by atoms with Gasteiger partial charge in [0.1, 0.15) is 17.4 Å². The van der Waals surface area contributed by atoms with Gasteiger partial charge in [0.25, 0.3) is 0 Å². The van der Waals surface area contributed by atoms with Crippen LogP contribution in [-0.4, -0.2) is 37.3 Å². The summed E-state index contributed by atoms with van der Waals surface area (Å²) in [5, 5.41) is 2.70. The number of benzene rings is 1. The number of anilines is 1. The van der Waals surface area contributed by atoms with Gasteiger partial charge in [0.2, 0.25) is 5.91 Å². The predicted molar refractivity (Wildman–Crippen MR) is 99.0 cm³/mol. The van der Waals surface area contributed by atoms with Gasteiger partial charge < -0.3 is 19.7 Å². The minimum Gasteiger partial charge on any atom is -0.497 e. The fourth-order valence-electron chi connectivity index (χ4n) is 2.34. The molecular formula is C19H30N2O4. The van der Waals surface area contributed by atoms with Crippen molar-refractivity contribution < 1.29 is 19.1 Å². The summed E-state index contributed by atoms with van der Waals surface area (Å²) in [6, 6.07) is 6.58. The molecule has 0 radical (unpaired) electrons. The number of ether oxygens (including phenoxy) is 2. The first kappa shape index (κ1) is 20.8. The molecule has 0 saturated heterocycles. The molecule has 0 saturated carbocycles. The van der Waals surface area contributed by atoms with Gasteiger partial charge in [-0.3, -0.25) is 4.79 Å². The summed E-state index contributed by atoms with van der Waals surface area (Å²) in [5.41, 5.74) is 0.139. The smallest absolute Gasteiger partial charge is 0.408 e. The van der Waals surface area contributed by atoms with Gasteiger partial charge in [-0.15, -0.1) is 0 Å². The van der Waals surface area contributed by atoms with Crippen LogP contribution in [0.25, 0.3) is 0 Å². The summed E-state index contributed by atoms with van der Waals surface area (Å²) in [6.45, 7) is 11.5. The zero-order valence-corrected chi connectivity index (χ0v) is 16.3. The minimum atomic E-state index is -0.670. The summed E-state index contributed by atoms with van der Waals surface area (Å²) in [6.07, 6.45) is -0.592. The molecule has 0 spiro atoms. The van der Waals surface area contributed by atoms with Gasteiger partial charge >= 0.3 is 6.09 Å². The Kier molecular flexibility index (Phi) is 7.27. The highest BCUT2D eigenvalue weighted by Crippen LogP contribution is 2.21. The molecule has 0 aliphatic carbocycles. The molecule has 1 atom stereocenters. The van der Waals surface area contributed by atoms with Crippen LogP contribution in [0.2, 0.25) is 0 Å². The molecule has 1 rings (SSSR count). The maximum atomic E-state index is 13.0. The number of likely N-dealkylation sites (N-methyl/N-ethyl adjacent to an activating group) is 1. The van der Waals surface area contributed by atoms with E-state index in [4.69, 9.17) is 9.47 Å². The van der Waals surface area contributed by atoms with E-state index in [0.29, 0.717) is 6.54 Å². The van der Waals surface area contributed by atoms with Crippen LogP contribution in [0, 0.1) is 5.92 Å². The maximum absolute atomic E-state index is 13.0. The van der Waals surface area contributed by atoms with E-state index in [2.05, 4.69) is 5.32 Å². The van der Waals surface area contributed by atoms with Crippen molar-refractivity contribution in [3.63, 3.8) is 0 Å². The molecule has 0 heterocycles. The van der Waals surface area contributed by atoms with E-state index in [1.807, 2.05) is 32.9 Å². The van der Waals surface area contributed by atoms with Gasteiger partial charge in [0.05, 0.1) is 7.11 Å². The minimum absolute atomic E-state index is 0.0766. The first-order valence-electron chi connectivity index (χ1n) is 8.54. The average molecular weight is 350 g/mol. The van der Waals surface area contributed by atoms with Crippen molar-refractivity contribution in [2.24, 2.45) is 5.92 Å². The van der Waals surface area contributed by atoms with Crippen LogP contribution in [0.15, 0.2) is 24.3 Å². The first-order valence-corrected chi connectivity index (χ1v) is 8.54. The molecule has 6 nitrogen and oxygen atoms in total. The standard InChI is InChI=1S/C19H30N2O4/c1-8-21(14-9-11-15(24-7)12-10-14)17(22)16(13(2)3)20-18(23)25-19(4,5)6/h9-13,16H,8H2,1-7H3,(H,20,23)/t16-/m0/s1. The Labute approximate surface area is 150 Å². The van der Waals surface area contributed by atoms with Crippen LogP contribution in [0.1, 0.15) is 41.5 Å². The Hall–Kier alpha value is -2.24. The number of alkyl carbamates (subject to hydrolysis) is 1. The van der Waals surface area contributed by atoms with Crippen LogP contribution in [-0.2, 0) is 9.53 Å². The van der Waals surface area contributed by atoms with Crippen LogP contribution < -0.4 is 15.0 Å². The molecule has 0 aliphatic rings. The number of nitrogens with zero attached hydrogens (tertiary/aromatic N) is 1. The summed E-state index contributed by atoms with van der Waals surface area (Å²) in [5.74, 6) is 0.473. The van der Waals surface area contributed by atoms with Gasteiger partial charge in [0.15, 0.2) is 0 Å². The molecule has 0 aromatic heterocycles. The molecule has 140 valence electrons. The highest BCUT2D eigenvalue weighted by atomic mass is 16.6. The highest BCUT2D eigenvalue weighted by molar-refractivity contribution is 5.98. The quantitative estimate of drug-likeness (QED) is 0.851. The molecule has 1 aromatic rings. The summed E-state index contributed by atoms with van der Waals surface area (Å²) >= 11 is 0. The van der Waals surface area contributed by atoms with Crippen LogP contribution in [0.5, 0.6) is 5.75 Å². The van der Waals surface area contributed by atoms with Gasteiger partial charge in [-0.25, -0.2) is 4.79 Å².